The summed E-state index contributed by atoms with van der Waals surface area (Å²) in [5.41, 5.74) is 0.231. The number of esters is 1. The summed E-state index contributed by atoms with van der Waals surface area (Å²) in [5, 5.41) is 8.12. The number of fused-ring (bicyclic) bond motifs is 1. The van der Waals surface area contributed by atoms with E-state index in [2.05, 4.69) is 24.3 Å². The van der Waals surface area contributed by atoms with Crippen LogP contribution in [0.4, 0.5) is 0 Å². The topological polar surface area (TPSA) is 90.3 Å². The van der Waals surface area contributed by atoms with E-state index in [1.165, 1.54) is 4.68 Å². The van der Waals surface area contributed by atoms with Gasteiger partial charge in [-0.15, -0.1) is 0 Å². The molecule has 1 N–H and O–H groups in total. The molecule has 2 rings (SSSR count). The van der Waals surface area contributed by atoms with Crippen LogP contribution in [0.15, 0.2) is 29.1 Å². The molecule has 0 aliphatic carbocycles. The number of carbonyl (C=O) groups excluding carboxylic acids is 2. The van der Waals surface area contributed by atoms with Crippen molar-refractivity contribution in [2.24, 2.45) is 13.0 Å². The third-order valence-corrected chi connectivity index (χ3v) is 4.84. The molecule has 1 aromatic carbocycles. The molecule has 0 spiro atoms. The first kappa shape index (κ1) is 21.6. The van der Waals surface area contributed by atoms with Gasteiger partial charge in [0.1, 0.15) is 0 Å². The minimum Gasteiger partial charge on any atom is -0.455 e. The van der Waals surface area contributed by atoms with Gasteiger partial charge in [-0.3, -0.25) is 14.4 Å². The number of rotatable bonds is 10. The fourth-order valence-electron chi connectivity index (χ4n) is 3.09. The van der Waals surface area contributed by atoms with E-state index in [9.17, 15) is 14.4 Å². The predicted molar refractivity (Wildman–Crippen MR) is 108 cm³/mol. The maximum Gasteiger partial charge on any atom is 0.312 e. The normalized spacial score (nSPS) is 12.0. The van der Waals surface area contributed by atoms with Crippen molar-refractivity contribution >= 4 is 22.6 Å². The molecule has 1 heterocycles. The molecule has 0 saturated heterocycles. The molecular formula is C21H29N3O4. The lowest BCUT2D eigenvalue weighted by atomic mass is 9.99. The van der Waals surface area contributed by atoms with Crippen LogP contribution in [0.5, 0.6) is 0 Å². The van der Waals surface area contributed by atoms with E-state index < -0.39 is 5.97 Å². The number of aromatic nitrogens is 2. The molecular weight excluding hydrogens is 358 g/mol. The molecule has 0 fully saturated rings. The van der Waals surface area contributed by atoms with E-state index in [-0.39, 0.29) is 24.5 Å². The molecule has 0 aliphatic heterocycles. The number of nitrogens with zero attached hydrogens (tertiary/aromatic N) is 2. The van der Waals surface area contributed by atoms with Gasteiger partial charge in [0.2, 0.25) is 0 Å². The van der Waals surface area contributed by atoms with E-state index in [0.717, 1.165) is 25.7 Å². The highest BCUT2D eigenvalue weighted by molar-refractivity contribution is 5.87. The van der Waals surface area contributed by atoms with E-state index in [4.69, 9.17) is 4.74 Å². The summed E-state index contributed by atoms with van der Waals surface area (Å²) in [4.78, 5) is 36.2. The van der Waals surface area contributed by atoms with Gasteiger partial charge in [0.15, 0.2) is 6.61 Å². The number of unbranched alkanes of at least 4 members (excludes halogenated alkanes) is 1. The van der Waals surface area contributed by atoms with Gasteiger partial charge in [-0.1, -0.05) is 51.3 Å². The third-order valence-electron chi connectivity index (χ3n) is 4.84. The number of carbonyl (C=O) groups is 2. The summed E-state index contributed by atoms with van der Waals surface area (Å²) in [5.74, 6) is -0.410. The van der Waals surface area contributed by atoms with E-state index >= 15 is 0 Å². The van der Waals surface area contributed by atoms with Crippen LogP contribution in [0.1, 0.15) is 45.2 Å². The van der Waals surface area contributed by atoms with Crippen LogP contribution in [-0.2, 0) is 27.8 Å². The van der Waals surface area contributed by atoms with Crippen molar-refractivity contribution in [2.45, 2.75) is 46.0 Å². The molecule has 152 valence electrons. The maximum absolute atomic E-state index is 12.2. The highest BCUT2D eigenvalue weighted by Gasteiger charge is 2.15. The van der Waals surface area contributed by atoms with E-state index in [1.807, 2.05) is 0 Å². The second-order valence-corrected chi connectivity index (χ2v) is 6.98. The zero-order chi connectivity index (χ0) is 20.5. The molecule has 0 unspecified atom stereocenters. The highest BCUT2D eigenvalue weighted by Crippen LogP contribution is 2.14. The number of ether oxygens (including phenoxy) is 1. The number of nitrogens with one attached hydrogen (secondary N) is 1. The number of aryl methyl sites for hydroxylation is 1. The molecule has 0 radical (unpaired) electrons. The number of hydrogen-bond donors (Lipinski definition) is 1. The first-order chi connectivity index (χ1) is 13.5. The number of hydrogen-bond acceptors (Lipinski definition) is 5. The Balaban J connectivity index is 1.89. The van der Waals surface area contributed by atoms with Crippen LogP contribution < -0.4 is 10.9 Å². The SMILES string of the molecule is CCCC[C@@H](CC)CNC(=O)COC(=O)Cc1nn(C)c(=O)c2ccccc12. The summed E-state index contributed by atoms with van der Waals surface area (Å²) in [6.07, 6.45) is 4.26. The first-order valence-electron chi connectivity index (χ1n) is 9.83. The van der Waals surface area contributed by atoms with Gasteiger partial charge >= 0.3 is 5.97 Å². The Morgan fingerprint density at radius 1 is 1.21 bits per heavy atom. The second-order valence-electron chi connectivity index (χ2n) is 6.98. The van der Waals surface area contributed by atoms with Crippen LogP contribution in [0, 0.1) is 5.92 Å². The lowest BCUT2D eigenvalue weighted by Crippen LogP contribution is -2.33. The van der Waals surface area contributed by atoms with Crippen LogP contribution in [0.3, 0.4) is 0 Å². The lowest BCUT2D eigenvalue weighted by Gasteiger charge is -2.15. The molecule has 0 bridgehead atoms. The molecule has 1 amide bonds. The zero-order valence-corrected chi connectivity index (χ0v) is 16.9. The number of amides is 1. The second kappa shape index (κ2) is 10.6. The number of benzene rings is 1. The van der Waals surface area contributed by atoms with Crippen molar-refractivity contribution < 1.29 is 14.3 Å². The van der Waals surface area contributed by atoms with Gasteiger partial charge in [-0.05, 0) is 18.4 Å². The molecule has 1 atom stereocenters. The van der Waals surface area contributed by atoms with Gasteiger partial charge in [-0.2, -0.15) is 5.10 Å². The molecule has 2 aromatic rings. The Morgan fingerprint density at radius 3 is 2.61 bits per heavy atom. The molecule has 28 heavy (non-hydrogen) atoms. The Morgan fingerprint density at radius 2 is 1.93 bits per heavy atom. The van der Waals surface area contributed by atoms with Crippen molar-refractivity contribution in [1.82, 2.24) is 15.1 Å². The quantitative estimate of drug-likeness (QED) is 0.632. The smallest absolute Gasteiger partial charge is 0.312 e. The van der Waals surface area contributed by atoms with Gasteiger partial charge in [0.05, 0.1) is 17.5 Å². The first-order valence-corrected chi connectivity index (χ1v) is 9.83. The Hall–Kier alpha value is -2.70. The van der Waals surface area contributed by atoms with Crippen molar-refractivity contribution in [3.8, 4) is 0 Å². The van der Waals surface area contributed by atoms with Crippen molar-refractivity contribution in [2.75, 3.05) is 13.2 Å². The van der Waals surface area contributed by atoms with Gasteiger partial charge in [0, 0.05) is 19.0 Å². The van der Waals surface area contributed by atoms with E-state index in [1.54, 1.807) is 31.3 Å². The van der Waals surface area contributed by atoms with Crippen molar-refractivity contribution in [3.63, 3.8) is 0 Å². The molecule has 1 aromatic heterocycles. The van der Waals surface area contributed by atoms with E-state index in [0.29, 0.717) is 28.9 Å². The van der Waals surface area contributed by atoms with Crippen molar-refractivity contribution in [1.29, 1.82) is 0 Å². The average Bonchev–Trinajstić information content (AvgIpc) is 2.70. The minimum absolute atomic E-state index is 0.101. The Bertz CT molecular complexity index is 876. The highest BCUT2D eigenvalue weighted by atomic mass is 16.5. The fourth-order valence-corrected chi connectivity index (χ4v) is 3.09. The molecule has 7 heteroatoms. The Kier molecular flexibility index (Phi) is 8.17. The van der Waals surface area contributed by atoms with Crippen LogP contribution in [0.2, 0.25) is 0 Å². The molecule has 7 nitrogen and oxygen atoms in total. The average molecular weight is 387 g/mol. The van der Waals surface area contributed by atoms with Crippen LogP contribution in [-0.4, -0.2) is 34.8 Å². The summed E-state index contributed by atoms with van der Waals surface area (Å²) in [7, 11) is 1.54. The standard InChI is InChI=1S/C21H29N3O4/c1-4-6-9-15(5-2)13-22-19(25)14-28-20(26)12-18-16-10-7-8-11-17(16)21(27)24(3)23-18/h7-8,10-11,15H,4-6,9,12-14H2,1-3H3,(H,22,25)/t15-/m1/s1. The summed E-state index contributed by atoms with van der Waals surface area (Å²) in [6.45, 7) is 4.54. The summed E-state index contributed by atoms with van der Waals surface area (Å²) >= 11 is 0. The lowest BCUT2D eigenvalue weighted by molar-refractivity contribution is -0.148. The Labute approximate surface area is 165 Å². The zero-order valence-electron chi connectivity index (χ0n) is 16.9. The molecule has 0 saturated carbocycles. The third kappa shape index (κ3) is 5.90. The van der Waals surface area contributed by atoms with Crippen molar-refractivity contribution in [3.05, 3.63) is 40.3 Å². The fraction of sp³-hybridized carbons (Fsp3) is 0.524. The summed E-state index contributed by atoms with van der Waals surface area (Å²) < 4.78 is 6.30. The largest absolute Gasteiger partial charge is 0.455 e. The van der Waals surface area contributed by atoms with Crippen LogP contribution in [0.25, 0.3) is 10.8 Å². The van der Waals surface area contributed by atoms with Gasteiger partial charge in [0.25, 0.3) is 11.5 Å². The van der Waals surface area contributed by atoms with Gasteiger partial charge in [-0.25, -0.2) is 4.68 Å². The summed E-state index contributed by atoms with van der Waals surface area (Å²) in [6, 6.07) is 7.00. The minimum atomic E-state index is -0.551. The maximum atomic E-state index is 12.2. The van der Waals surface area contributed by atoms with Crippen LogP contribution >= 0.6 is 0 Å². The molecule has 0 aliphatic rings. The van der Waals surface area contributed by atoms with Gasteiger partial charge < -0.3 is 10.1 Å². The predicted octanol–water partition coefficient (Wildman–Crippen LogP) is 2.35. The monoisotopic (exact) mass is 387 g/mol.